The number of rotatable bonds is 4. The predicted molar refractivity (Wildman–Crippen MR) is 104 cm³/mol. The van der Waals surface area contributed by atoms with Crippen molar-refractivity contribution in [2.24, 2.45) is 7.05 Å². The van der Waals surface area contributed by atoms with Crippen molar-refractivity contribution in [3.63, 3.8) is 0 Å². The first-order chi connectivity index (χ1) is 12.9. The van der Waals surface area contributed by atoms with Gasteiger partial charge in [0.15, 0.2) is 5.03 Å². The molecule has 0 aliphatic carbocycles. The van der Waals surface area contributed by atoms with E-state index in [9.17, 15) is 13.2 Å². The van der Waals surface area contributed by atoms with Crippen LogP contribution in [0.15, 0.2) is 47.9 Å². The molecule has 0 N–H and O–H groups in total. The normalized spacial score (nSPS) is 16.6. The molecule has 0 radical (unpaired) electrons. The minimum absolute atomic E-state index is 0.0346. The number of aryl methyl sites for hydroxylation is 1. The van der Waals surface area contributed by atoms with Crippen LogP contribution in [-0.4, -0.2) is 59.3 Å². The molecule has 2 aromatic rings. The molecule has 0 atom stereocenters. The molecule has 27 heavy (non-hydrogen) atoms. The van der Waals surface area contributed by atoms with Crippen LogP contribution in [0, 0.1) is 0 Å². The van der Waals surface area contributed by atoms with E-state index in [1.165, 1.54) is 22.9 Å². The highest BCUT2D eigenvalue weighted by Crippen LogP contribution is 2.16. The standard InChI is InChI=1S/C18H21ClN4O3S/c1-21-13-17(20-14-21)27(25,26)23-10-2-9-22(11-12-23)18(24)8-5-15-3-6-16(19)7-4-15/h3-8,13-14H,2,9-12H2,1H3/b8-5+. The number of amides is 1. The van der Waals surface area contributed by atoms with Gasteiger partial charge >= 0.3 is 0 Å². The van der Waals surface area contributed by atoms with E-state index in [4.69, 9.17) is 11.6 Å². The maximum absolute atomic E-state index is 12.7. The highest BCUT2D eigenvalue weighted by atomic mass is 35.5. The van der Waals surface area contributed by atoms with Gasteiger partial charge in [0, 0.05) is 50.5 Å². The molecule has 0 bridgehead atoms. The monoisotopic (exact) mass is 408 g/mol. The Morgan fingerprint density at radius 3 is 2.56 bits per heavy atom. The highest BCUT2D eigenvalue weighted by Gasteiger charge is 2.29. The van der Waals surface area contributed by atoms with E-state index in [-0.39, 0.29) is 17.5 Å². The van der Waals surface area contributed by atoms with Gasteiger partial charge in [0.1, 0.15) is 0 Å². The van der Waals surface area contributed by atoms with E-state index in [2.05, 4.69) is 4.98 Å². The number of hydrogen-bond donors (Lipinski definition) is 0. The van der Waals surface area contributed by atoms with E-state index in [1.54, 1.807) is 34.7 Å². The fraction of sp³-hybridized carbons (Fsp3) is 0.333. The van der Waals surface area contributed by atoms with Crippen LogP contribution in [0.5, 0.6) is 0 Å². The van der Waals surface area contributed by atoms with Crippen LogP contribution in [0.4, 0.5) is 0 Å². The lowest BCUT2D eigenvalue weighted by atomic mass is 10.2. The molecule has 9 heteroatoms. The van der Waals surface area contributed by atoms with E-state index in [0.29, 0.717) is 31.1 Å². The van der Waals surface area contributed by atoms with Crippen LogP contribution in [0.3, 0.4) is 0 Å². The molecule has 1 aromatic carbocycles. The number of aromatic nitrogens is 2. The predicted octanol–water partition coefficient (Wildman–Crippen LogP) is 2.01. The van der Waals surface area contributed by atoms with Gasteiger partial charge in [-0.2, -0.15) is 4.31 Å². The maximum atomic E-state index is 12.7. The fourth-order valence-electron chi connectivity index (χ4n) is 2.86. The van der Waals surface area contributed by atoms with Gasteiger partial charge in [0.05, 0.1) is 6.33 Å². The molecule has 2 heterocycles. The zero-order valence-corrected chi connectivity index (χ0v) is 16.5. The number of imidazole rings is 1. The summed E-state index contributed by atoms with van der Waals surface area (Å²) in [4.78, 5) is 18.1. The summed E-state index contributed by atoms with van der Waals surface area (Å²) in [6, 6.07) is 7.18. The molecule has 0 unspecified atom stereocenters. The zero-order valence-electron chi connectivity index (χ0n) is 15.0. The number of benzene rings is 1. The van der Waals surface area contributed by atoms with Gasteiger partial charge < -0.3 is 9.47 Å². The van der Waals surface area contributed by atoms with Crippen molar-refractivity contribution in [1.29, 1.82) is 0 Å². The molecule has 0 spiro atoms. The Hall–Kier alpha value is -2.16. The Morgan fingerprint density at radius 2 is 1.89 bits per heavy atom. The first-order valence-electron chi connectivity index (χ1n) is 8.57. The molecular formula is C18H21ClN4O3S. The van der Waals surface area contributed by atoms with Gasteiger partial charge in [-0.15, -0.1) is 0 Å². The first-order valence-corrected chi connectivity index (χ1v) is 10.4. The number of hydrogen-bond acceptors (Lipinski definition) is 4. The minimum atomic E-state index is -3.64. The lowest BCUT2D eigenvalue weighted by Crippen LogP contribution is -2.36. The topological polar surface area (TPSA) is 75.5 Å². The summed E-state index contributed by atoms with van der Waals surface area (Å²) in [5, 5.41) is 0.674. The average Bonchev–Trinajstić information content (AvgIpc) is 2.93. The van der Waals surface area contributed by atoms with E-state index >= 15 is 0 Å². The molecule has 1 aliphatic rings. The van der Waals surface area contributed by atoms with Gasteiger partial charge in [-0.25, -0.2) is 13.4 Å². The van der Waals surface area contributed by atoms with Crippen molar-refractivity contribution < 1.29 is 13.2 Å². The van der Waals surface area contributed by atoms with Gasteiger partial charge in [0.25, 0.3) is 10.0 Å². The molecule has 144 valence electrons. The van der Waals surface area contributed by atoms with E-state index in [0.717, 1.165) is 5.56 Å². The Morgan fingerprint density at radius 1 is 1.15 bits per heavy atom. The summed E-state index contributed by atoms with van der Waals surface area (Å²) in [6.45, 7) is 1.47. The van der Waals surface area contributed by atoms with Crippen molar-refractivity contribution in [2.45, 2.75) is 11.4 Å². The van der Waals surface area contributed by atoms with Gasteiger partial charge in [-0.3, -0.25) is 4.79 Å². The Labute approximate surface area is 163 Å². The molecule has 1 aromatic heterocycles. The molecule has 1 fully saturated rings. The minimum Gasteiger partial charge on any atom is -0.339 e. The van der Waals surface area contributed by atoms with Gasteiger partial charge in [0.2, 0.25) is 5.91 Å². The van der Waals surface area contributed by atoms with Crippen LogP contribution < -0.4 is 0 Å². The quantitative estimate of drug-likeness (QED) is 0.725. The SMILES string of the molecule is Cn1cnc(S(=O)(=O)N2CCCN(C(=O)/C=C/c3ccc(Cl)cc3)CC2)c1. The first kappa shape index (κ1) is 19.6. The van der Waals surface area contributed by atoms with Crippen molar-refractivity contribution in [3.05, 3.63) is 53.5 Å². The summed E-state index contributed by atoms with van der Waals surface area (Å²) in [5.41, 5.74) is 0.877. The van der Waals surface area contributed by atoms with Gasteiger partial charge in [-0.05, 0) is 30.2 Å². The lowest BCUT2D eigenvalue weighted by Gasteiger charge is -2.20. The third kappa shape index (κ3) is 4.77. The molecular weight excluding hydrogens is 388 g/mol. The maximum Gasteiger partial charge on any atom is 0.262 e. The van der Waals surface area contributed by atoms with Crippen molar-refractivity contribution in [1.82, 2.24) is 18.8 Å². The van der Waals surface area contributed by atoms with Gasteiger partial charge in [-0.1, -0.05) is 23.7 Å². The highest BCUT2D eigenvalue weighted by molar-refractivity contribution is 7.89. The molecule has 1 saturated heterocycles. The van der Waals surface area contributed by atoms with E-state index < -0.39 is 10.0 Å². The molecule has 1 amide bonds. The summed E-state index contributed by atoms with van der Waals surface area (Å²) < 4.78 is 28.4. The smallest absolute Gasteiger partial charge is 0.262 e. The molecule has 3 rings (SSSR count). The zero-order chi connectivity index (χ0) is 19.4. The second-order valence-corrected chi connectivity index (χ2v) is 8.67. The second kappa shape index (κ2) is 8.24. The van der Waals surface area contributed by atoms with Crippen molar-refractivity contribution >= 4 is 33.6 Å². The Bertz CT molecular complexity index is 938. The average molecular weight is 409 g/mol. The fourth-order valence-corrected chi connectivity index (χ4v) is 4.42. The number of nitrogens with zero attached hydrogens (tertiary/aromatic N) is 4. The lowest BCUT2D eigenvalue weighted by molar-refractivity contribution is -0.125. The summed E-state index contributed by atoms with van der Waals surface area (Å²) >= 11 is 5.85. The Kier molecular flexibility index (Phi) is 5.98. The summed E-state index contributed by atoms with van der Waals surface area (Å²) in [7, 11) is -1.92. The molecule has 1 aliphatic heterocycles. The van der Waals surface area contributed by atoms with Crippen molar-refractivity contribution in [2.75, 3.05) is 26.2 Å². The largest absolute Gasteiger partial charge is 0.339 e. The van der Waals surface area contributed by atoms with Crippen LogP contribution in [0.1, 0.15) is 12.0 Å². The van der Waals surface area contributed by atoms with Crippen LogP contribution in [0.2, 0.25) is 5.02 Å². The third-order valence-electron chi connectivity index (χ3n) is 4.34. The number of sulfonamides is 1. The summed E-state index contributed by atoms with van der Waals surface area (Å²) in [6.07, 6.45) is 6.75. The number of carbonyl (C=O) groups excluding carboxylic acids is 1. The van der Waals surface area contributed by atoms with Crippen LogP contribution >= 0.6 is 11.6 Å². The molecule has 0 saturated carbocycles. The molecule has 7 nitrogen and oxygen atoms in total. The number of carbonyl (C=O) groups is 1. The Balaban J connectivity index is 1.64. The summed E-state index contributed by atoms with van der Waals surface area (Å²) in [5.74, 6) is -0.137. The third-order valence-corrected chi connectivity index (χ3v) is 6.38. The van der Waals surface area contributed by atoms with E-state index in [1.807, 2.05) is 12.1 Å². The number of halogens is 1. The van der Waals surface area contributed by atoms with Crippen LogP contribution in [-0.2, 0) is 21.9 Å². The van der Waals surface area contributed by atoms with Crippen molar-refractivity contribution in [3.8, 4) is 0 Å². The second-order valence-electron chi connectivity index (χ2n) is 6.35. The van der Waals surface area contributed by atoms with Crippen LogP contribution in [0.25, 0.3) is 6.08 Å².